The van der Waals surface area contributed by atoms with E-state index in [1.165, 1.54) is 30.5 Å². The summed E-state index contributed by atoms with van der Waals surface area (Å²) in [5.74, 6) is -1.13. The van der Waals surface area contributed by atoms with Gasteiger partial charge in [0.25, 0.3) is 10.2 Å². The summed E-state index contributed by atoms with van der Waals surface area (Å²) in [6, 6.07) is 4.18. The molecule has 1 saturated heterocycles. The second-order valence-corrected chi connectivity index (χ2v) is 10.7. The molecular weight excluding hydrogens is 477 g/mol. The summed E-state index contributed by atoms with van der Waals surface area (Å²) < 4.78 is 44.3. The van der Waals surface area contributed by atoms with Crippen molar-refractivity contribution in [3.05, 3.63) is 57.3 Å². The van der Waals surface area contributed by atoms with Gasteiger partial charge in [-0.15, -0.1) is 11.3 Å². The van der Waals surface area contributed by atoms with Crippen LogP contribution >= 0.6 is 22.9 Å². The Morgan fingerprint density at radius 3 is 2.75 bits per heavy atom. The van der Waals surface area contributed by atoms with Gasteiger partial charge in [-0.2, -0.15) is 22.5 Å². The van der Waals surface area contributed by atoms with Crippen LogP contribution in [0.15, 0.2) is 35.8 Å². The molecule has 1 aliphatic rings. The molecule has 12 heteroatoms. The van der Waals surface area contributed by atoms with Crippen LogP contribution in [0, 0.1) is 12.7 Å². The van der Waals surface area contributed by atoms with Gasteiger partial charge >= 0.3 is 0 Å². The lowest BCUT2D eigenvalue weighted by Gasteiger charge is -2.35. The lowest BCUT2D eigenvalue weighted by Crippen LogP contribution is -2.55. The number of amides is 1. The average molecular weight is 498 g/mol. The predicted molar refractivity (Wildman–Crippen MR) is 122 cm³/mol. The maximum absolute atomic E-state index is 13.4. The van der Waals surface area contributed by atoms with Crippen LogP contribution in [-0.4, -0.2) is 41.5 Å². The van der Waals surface area contributed by atoms with Gasteiger partial charge in [0.05, 0.1) is 17.3 Å². The number of nitrogens with one attached hydrogen (secondary N) is 2. The van der Waals surface area contributed by atoms with Gasteiger partial charge in [-0.3, -0.25) is 9.48 Å². The Balaban J connectivity index is 1.58. The molecule has 1 fully saturated rings. The summed E-state index contributed by atoms with van der Waals surface area (Å²) in [6.45, 7) is 1.96. The van der Waals surface area contributed by atoms with Crippen molar-refractivity contribution in [1.29, 1.82) is 0 Å². The first-order valence-corrected chi connectivity index (χ1v) is 12.3. The highest BCUT2D eigenvalue weighted by Gasteiger charge is 2.41. The van der Waals surface area contributed by atoms with Crippen LogP contribution in [0.1, 0.15) is 23.0 Å². The van der Waals surface area contributed by atoms with E-state index in [-0.39, 0.29) is 17.1 Å². The summed E-state index contributed by atoms with van der Waals surface area (Å²) in [5.41, 5.74) is 3.19. The second-order valence-electron chi connectivity index (χ2n) is 7.57. The second kappa shape index (κ2) is 8.56. The van der Waals surface area contributed by atoms with E-state index in [0.29, 0.717) is 0 Å². The number of nitrogens with zero attached hydrogens (tertiary/aromatic N) is 3. The van der Waals surface area contributed by atoms with Crippen LogP contribution in [0.5, 0.6) is 0 Å². The molecule has 0 aliphatic carbocycles. The number of halogens is 2. The molecule has 170 valence electrons. The summed E-state index contributed by atoms with van der Waals surface area (Å²) in [4.78, 5) is 13.7. The van der Waals surface area contributed by atoms with E-state index < -0.39 is 34.0 Å². The Bertz CT molecular complexity index is 1290. The van der Waals surface area contributed by atoms with Gasteiger partial charge < -0.3 is 5.32 Å². The van der Waals surface area contributed by atoms with Gasteiger partial charge in [-0.1, -0.05) is 11.6 Å². The monoisotopic (exact) mass is 497 g/mol. The van der Waals surface area contributed by atoms with Crippen LogP contribution in [0.3, 0.4) is 0 Å². The predicted octanol–water partition coefficient (Wildman–Crippen LogP) is 3.47. The van der Waals surface area contributed by atoms with Gasteiger partial charge in [-0.05, 0) is 48.6 Å². The molecule has 0 unspecified atom stereocenters. The molecule has 0 spiro atoms. The zero-order chi connectivity index (χ0) is 23.2. The lowest BCUT2D eigenvalue weighted by atomic mass is 10.0. The highest BCUT2D eigenvalue weighted by Crippen LogP contribution is 2.36. The number of thiophene rings is 1. The highest BCUT2D eigenvalue weighted by atomic mass is 35.5. The van der Waals surface area contributed by atoms with E-state index >= 15 is 0 Å². The van der Waals surface area contributed by atoms with Gasteiger partial charge in [-0.25, -0.2) is 4.39 Å². The number of rotatable bonds is 4. The third-order valence-electron chi connectivity index (χ3n) is 5.57. The molecule has 2 aromatic heterocycles. The van der Waals surface area contributed by atoms with Crippen molar-refractivity contribution >= 4 is 44.7 Å². The van der Waals surface area contributed by atoms with Crippen LogP contribution < -0.4 is 10.0 Å². The molecular formula is C20H21ClFN5O3S2. The largest absolute Gasteiger partial charge is 0.325 e. The molecule has 1 amide bonds. The zero-order valence-electron chi connectivity index (χ0n) is 17.5. The smallest absolute Gasteiger partial charge is 0.280 e. The van der Waals surface area contributed by atoms with E-state index in [2.05, 4.69) is 15.1 Å². The SMILES string of the molecule is Cc1c(-c2csc([C@H]3C[C@@H](C(=O)Nc4ccc(F)c(Cl)c4)N(C)S(=O)(=O)N3)c2)cnn1C. The molecule has 2 N–H and O–H groups in total. The number of benzene rings is 1. The summed E-state index contributed by atoms with van der Waals surface area (Å²) in [6.07, 6.45) is 1.99. The Kier molecular flexibility index (Phi) is 6.12. The fourth-order valence-electron chi connectivity index (χ4n) is 3.55. The maximum Gasteiger partial charge on any atom is 0.280 e. The van der Waals surface area contributed by atoms with Gasteiger partial charge in [0.15, 0.2) is 0 Å². The van der Waals surface area contributed by atoms with Crippen molar-refractivity contribution in [2.75, 3.05) is 12.4 Å². The Hall–Kier alpha value is -2.31. The summed E-state index contributed by atoms with van der Waals surface area (Å²) in [7, 11) is -0.691. The van der Waals surface area contributed by atoms with Crippen LogP contribution in [-0.2, 0) is 22.1 Å². The van der Waals surface area contributed by atoms with Crippen molar-refractivity contribution in [3.8, 4) is 11.1 Å². The summed E-state index contributed by atoms with van der Waals surface area (Å²) >= 11 is 7.20. The van der Waals surface area contributed by atoms with E-state index in [0.717, 1.165) is 32.1 Å². The van der Waals surface area contributed by atoms with Crippen molar-refractivity contribution in [2.45, 2.75) is 25.4 Å². The number of hydrogen-bond donors (Lipinski definition) is 2. The Labute approximate surface area is 194 Å². The minimum atomic E-state index is -3.89. The fourth-order valence-corrected chi connectivity index (χ4v) is 6.05. The molecule has 32 heavy (non-hydrogen) atoms. The molecule has 1 aromatic carbocycles. The molecule has 1 aliphatic heterocycles. The Morgan fingerprint density at radius 2 is 2.09 bits per heavy atom. The number of carbonyl (C=O) groups excluding carboxylic acids is 1. The first kappa shape index (κ1) is 22.9. The van der Waals surface area contributed by atoms with E-state index in [1.54, 1.807) is 10.9 Å². The summed E-state index contributed by atoms with van der Waals surface area (Å²) in [5, 5.41) is 8.69. The number of hydrogen-bond acceptors (Lipinski definition) is 5. The number of aromatic nitrogens is 2. The Morgan fingerprint density at radius 1 is 1.34 bits per heavy atom. The van der Waals surface area contributed by atoms with Crippen molar-refractivity contribution < 1.29 is 17.6 Å². The first-order valence-electron chi connectivity index (χ1n) is 9.65. The van der Waals surface area contributed by atoms with Gasteiger partial charge in [0, 0.05) is 35.9 Å². The third kappa shape index (κ3) is 4.30. The quantitative estimate of drug-likeness (QED) is 0.577. The number of likely N-dealkylation sites (N-methyl/N-ethyl adjacent to an activating group) is 1. The van der Waals surface area contributed by atoms with E-state index in [1.807, 2.05) is 25.4 Å². The number of carbonyl (C=O) groups is 1. The van der Waals surface area contributed by atoms with Crippen LogP contribution in [0.2, 0.25) is 5.02 Å². The molecule has 0 saturated carbocycles. The molecule has 4 rings (SSSR count). The van der Waals surface area contributed by atoms with Gasteiger partial charge in [0.1, 0.15) is 11.9 Å². The minimum absolute atomic E-state index is 0.135. The van der Waals surface area contributed by atoms with Crippen LogP contribution in [0.25, 0.3) is 11.1 Å². The van der Waals surface area contributed by atoms with Crippen molar-refractivity contribution in [1.82, 2.24) is 18.8 Å². The number of aryl methyl sites for hydroxylation is 1. The molecule has 3 heterocycles. The third-order valence-corrected chi connectivity index (χ3v) is 8.50. The number of anilines is 1. The normalized spacial score (nSPS) is 20.9. The van der Waals surface area contributed by atoms with Crippen LogP contribution in [0.4, 0.5) is 10.1 Å². The zero-order valence-corrected chi connectivity index (χ0v) is 19.9. The minimum Gasteiger partial charge on any atom is -0.325 e. The topological polar surface area (TPSA) is 96.3 Å². The first-order chi connectivity index (χ1) is 15.1. The standard InChI is InChI=1S/C20H21ClFN5O3S2/c1-11-14(9-23-26(11)2)12-6-19(31-10-12)17-8-18(27(3)32(29,30)25-17)20(28)24-13-4-5-16(22)15(21)7-13/h4-7,9-10,17-18,25H,8H2,1-3H3,(H,24,28)/t17-,18+/m1/s1. The van der Waals surface area contributed by atoms with Gasteiger partial charge in [0.2, 0.25) is 5.91 Å². The molecule has 8 nitrogen and oxygen atoms in total. The molecule has 2 atom stereocenters. The van der Waals surface area contributed by atoms with E-state index in [9.17, 15) is 17.6 Å². The maximum atomic E-state index is 13.4. The van der Waals surface area contributed by atoms with Crippen molar-refractivity contribution in [3.63, 3.8) is 0 Å². The molecule has 3 aromatic rings. The molecule has 0 radical (unpaired) electrons. The van der Waals surface area contributed by atoms with E-state index in [4.69, 9.17) is 11.6 Å². The molecule has 0 bridgehead atoms. The fraction of sp³-hybridized carbons (Fsp3) is 0.300. The average Bonchev–Trinajstić information content (AvgIpc) is 3.34. The highest BCUT2D eigenvalue weighted by molar-refractivity contribution is 7.87. The van der Waals surface area contributed by atoms with Crippen molar-refractivity contribution in [2.24, 2.45) is 7.05 Å². The lowest BCUT2D eigenvalue weighted by molar-refractivity contribution is -0.120.